The van der Waals surface area contributed by atoms with Crippen LogP contribution in [-0.2, 0) is 13.5 Å². The summed E-state index contributed by atoms with van der Waals surface area (Å²) in [5.41, 5.74) is 6.14. The molecular weight excluding hydrogens is 258 g/mol. The van der Waals surface area contributed by atoms with Crippen molar-refractivity contribution in [2.45, 2.75) is 12.5 Å². The average Bonchev–Trinajstić information content (AvgIpc) is 3.03. The maximum atomic E-state index is 5.68. The van der Waals surface area contributed by atoms with E-state index in [1.165, 1.54) is 4.70 Å². The minimum absolute atomic E-state index is 0.0446. The second kappa shape index (κ2) is 5.08. The van der Waals surface area contributed by atoms with Gasteiger partial charge < -0.3 is 0 Å². The fourth-order valence-electron chi connectivity index (χ4n) is 2.14. The standard InChI is InChI=1S/C13H15N5S/c1-18-8-9(6-16-18)4-12(17-14)10-5-13-11(15-7-10)2-3-19-13/h2-3,5-8,12,17H,4,14H2,1H3. The van der Waals surface area contributed by atoms with E-state index in [1.807, 2.05) is 37.1 Å². The molecule has 0 saturated carbocycles. The molecule has 0 spiro atoms. The molecule has 3 aromatic rings. The number of hydrazine groups is 1. The molecule has 3 N–H and O–H groups in total. The van der Waals surface area contributed by atoms with Crippen molar-refractivity contribution in [1.82, 2.24) is 20.2 Å². The lowest BCUT2D eigenvalue weighted by Gasteiger charge is -2.15. The average molecular weight is 273 g/mol. The van der Waals surface area contributed by atoms with Crippen LogP contribution in [0.2, 0.25) is 0 Å². The molecule has 0 amide bonds. The van der Waals surface area contributed by atoms with Gasteiger partial charge in [0, 0.05) is 19.4 Å². The van der Waals surface area contributed by atoms with Crippen LogP contribution in [0.1, 0.15) is 17.2 Å². The van der Waals surface area contributed by atoms with E-state index in [4.69, 9.17) is 5.84 Å². The van der Waals surface area contributed by atoms with Crippen LogP contribution in [0.4, 0.5) is 0 Å². The summed E-state index contributed by atoms with van der Waals surface area (Å²) in [6.45, 7) is 0. The van der Waals surface area contributed by atoms with Crippen LogP contribution in [0, 0.1) is 0 Å². The molecule has 0 bridgehead atoms. The first kappa shape index (κ1) is 12.3. The molecule has 19 heavy (non-hydrogen) atoms. The van der Waals surface area contributed by atoms with Gasteiger partial charge in [-0.2, -0.15) is 5.10 Å². The number of fused-ring (bicyclic) bond motifs is 1. The maximum Gasteiger partial charge on any atom is 0.0809 e. The predicted octanol–water partition coefficient (Wildman–Crippen LogP) is 1.78. The van der Waals surface area contributed by atoms with Gasteiger partial charge in [0.15, 0.2) is 0 Å². The van der Waals surface area contributed by atoms with E-state index in [0.717, 1.165) is 23.1 Å². The third-order valence-electron chi connectivity index (χ3n) is 3.13. The summed E-state index contributed by atoms with van der Waals surface area (Å²) in [6, 6.07) is 4.21. The van der Waals surface area contributed by atoms with Gasteiger partial charge in [-0.3, -0.25) is 20.9 Å². The molecular formula is C13H15N5S. The van der Waals surface area contributed by atoms with Crippen LogP contribution in [0.25, 0.3) is 10.2 Å². The van der Waals surface area contributed by atoms with E-state index < -0.39 is 0 Å². The van der Waals surface area contributed by atoms with Crippen molar-refractivity contribution in [2.24, 2.45) is 12.9 Å². The molecule has 0 saturated heterocycles. The molecule has 1 unspecified atom stereocenters. The molecule has 1 atom stereocenters. The highest BCUT2D eigenvalue weighted by Crippen LogP contribution is 2.24. The zero-order valence-electron chi connectivity index (χ0n) is 10.6. The zero-order chi connectivity index (χ0) is 13.2. The van der Waals surface area contributed by atoms with Gasteiger partial charge in [-0.15, -0.1) is 11.3 Å². The predicted molar refractivity (Wildman–Crippen MR) is 76.6 cm³/mol. The van der Waals surface area contributed by atoms with Gasteiger partial charge in [0.2, 0.25) is 0 Å². The Morgan fingerprint density at radius 3 is 3.11 bits per heavy atom. The lowest BCUT2D eigenvalue weighted by Crippen LogP contribution is -2.29. The Labute approximate surface area is 115 Å². The van der Waals surface area contributed by atoms with Crippen molar-refractivity contribution >= 4 is 21.6 Å². The van der Waals surface area contributed by atoms with Crippen molar-refractivity contribution in [3.63, 3.8) is 0 Å². The number of thiophene rings is 1. The third-order valence-corrected chi connectivity index (χ3v) is 3.98. The van der Waals surface area contributed by atoms with Gasteiger partial charge in [-0.1, -0.05) is 0 Å². The molecule has 0 aliphatic carbocycles. The second-order valence-corrected chi connectivity index (χ2v) is 5.47. The largest absolute Gasteiger partial charge is 0.276 e. The Hall–Kier alpha value is -1.76. The molecule has 0 aromatic carbocycles. The molecule has 3 aromatic heterocycles. The number of pyridine rings is 1. The Morgan fingerprint density at radius 1 is 1.47 bits per heavy atom. The monoisotopic (exact) mass is 273 g/mol. The lowest BCUT2D eigenvalue weighted by atomic mass is 10.0. The van der Waals surface area contributed by atoms with Crippen LogP contribution in [-0.4, -0.2) is 14.8 Å². The SMILES string of the molecule is Cn1cc(CC(NN)c2cnc3ccsc3c2)cn1. The summed E-state index contributed by atoms with van der Waals surface area (Å²) >= 11 is 1.69. The van der Waals surface area contributed by atoms with Crippen molar-refractivity contribution in [2.75, 3.05) is 0 Å². The first-order valence-corrected chi connectivity index (χ1v) is 6.91. The summed E-state index contributed by atoms with van der Waals surface area (Å²) in [7, 11) is 1.91. The highest BCUT2D eigenvalue weighted by molar-refractivity contribution is 7.17. The van der Waals surface area contributed by atoms with E-state index in [0.29, 0.717) is 0 Å². The van der Waals surface area contributed by atoms with Crippen LogP contribution in [0.3, 0.4) is 0 Å². The molecule has 6 heteroatoms. The normalized spacial score (nSPS) is 12.9. The van der Waals surface area contributed by atoms with Crippen molar-refractivity contribution in [3.05, 3.63) is 47.2 Å². The van der Waals surface area contributed by atoms with E-state index in [-0.39, 0.29) is 6.04 Å². The maximum absolute atomic E-state index is 5.68. The number of aromatic nitrogens is 3. The number of hydrogen-bond acceptors (Lipinski definition) is 5. The van der Waals surface area contributed by atoms with Gasteiger partial charge in [-0.25, -0.2) is 0 Å². The second-order valence-electron chi connectivity index (χ2n) is 4.52. The Balaban J connectivity index is 1.88. The molecule has 3 heterocycles. The number of hydrogen-bond donors (Lipinski definition) is 2. The summed E-state index contributed by atoms with van der Waals surface area (Å²) in [5, 5.41) is 6.22. The Kier molecular flexibility index (Phi) is 3.29. The van der Waals surface area contributed by atoms with Crippen molar-refractivity contribution in [3.8, 4) is 0 Å². The lowest BCUT2D eigenvalue weighted by molar-refractivity contribution is 0.551. The zero-order valence-corrected chi connectivity index (χ0v) is 11.4. The number of nitrogens with one attached hydrogen (secondary N) is 1. The number of rotatable bonds is 4. The fourth-order valence-corrected chi connectivity index (χ4v) is 2.93. The number of nitrogens with zero attached hydrogens (tertiary/aromatic N) is 3. The highest BCUT2D eigenvalue weighted by atomic mass is 32.1. The summed E-state index contributed by atoms with van der Waals surface area (Å²) < 4.78 is 2.98. The van der Waals surface area contributed by atoms with Crippen LogP contribution in [0.5, 0.6) is 0 Å². The Bertz CT molecular complexity index is 687. The Morgan fingerprint density at radius 2 is 2.37 bits per heavy atom. The van der Waals surface area contributed by atoms with Crippen molar-refractivity contribution in [1.29, 1.82) is 0 Å². The van der Waals surface area contributed by atoms with E-state index in [2.05, 4.69) is 21.6 Å². The number of nitrogens with two attached hydrogens (primary N) is 1. The fraction of sp³-hybridized carbons (Fsp3) is 0.231. The topological polar surface area (TPSA) is 68.8 Å². The van der Waals surface area contributed by atoms with E-state index >= 15 is 0 Å². The van der Waals surface area contributed by atoms with Gasteiger partial charge >= 0.3 is 0 Å². The molecule has 0 fully saturated rings. The molecule has 0 aliphatic rings. The summed E-state index contributed by atoms with van der Waals surface area (Å²) in [4.78, 5) is 4.45. The molecule has 98 valence electrons. The highest BCUT2D eigenvalue weighted by Gasteiger charge is 2.13. The van der Waals surface area contributed by atoms with E-state index in [1.54, 1.807) is 16.0 Å². The van der Waals surface area contributed by atoms with Crippen LogP contribution < -0.4 is 11.3 Å². The number of aryl methyl sites for hydroxylation is 1. The summed E-state index contributed by atoms with van der Waals surface area (Å²) in [6.07, 6.45) is 6.54. The molecule has 0 aliphatic heterocycles. The smallest absolute Gasteiger partial charge is 0.0809 e. The minimum Gasteiger partial charge on any atom is -0.276 e. The van der Waals surface area contributed by atoms with Gasteiger partial charge in [0.25, 0.3) is 0 Å². The molecule has 0 radical (unpaired) electrons. The third kappa shape index (κ3) is 2.51. The quantitative estimate of drug-likeness (QED) is 0.561. The molecule has 3 rings (SSSR count). The first-order chi connectivity index (χ1) is 9.26. The van der Waals surface area contributed by atoms with Crippen LogP contribution in [0.15, 0.2) is 36.1 Å². The molecule has 5 nitrogen and oxygen atoms in total. The summed E-state index contributed by atoms with van der Waals surface area (Å²) in [5.74, 6) is 5.68. The van der Waals surface area contributed by atoms with Gasteiger partial charge in [0.1, 0.15) is 0 Å². The van der Waals surface area contributed by atoms with E-state index in [9.17, 15) is 0 Å². The van der Waals surface area contributed by atoms with Crippen LogP contribution >= 0.6 is 11.3 Å². The first-order valence-electron chi connectivity index (χ1n) is 6.03. The van der Waals surface area contributed by atoms with Gasteiger partial charge in [-0.05, 0) is 35.1 Å². The minimum atomic E-state index is 0.0446. The van der Waals surface area contributed by atoms with Crippen molar-refractivity contribution < 1.29 is 0 Å². The van der Waals surface area contributed by atoms with Gasteiger partial charge in [0.05, 0.1) is 22.5 Å².